The van der Waals surface area contributed by atoms with Gasteiger partial charge in [-0.15, -0.1) is 0 Å². The van der Waals surface area contributed by atoms with Crippen molar-refractivity contribution in [3.8, 4) is 5.75 Å². The molecule has 0 radical (unpaired) electrons. The molecule has 0 spiro atoms. The van der Waals surface area contributed by atoms with E-state index in [-0.39, 0.29) is 23.6 Å². The molecule has 0 saturated carbocycles. The first-order chi connectivity index (χ1) is 8.04. The Hall–Kier alpha value is -2.37. The van der Waals surface area contributed by atoms with E-state index >= 15 is 0 Å². The lowest BCUT2D eigenvalue weighted by atomic mass is 10.1. The summed E-state index contributed by atoms with van der Waals surface area (Å²) in [6.45, 7) is 1.90. The summed E-state index contributed by atoms with van der Waals surface area (Å²) < 4.78 is 4.64. The Kier molecular flexibility index (Phi) is 4.21. The third-order valence-electron chi connectivity index (χ3n) is 1.91. The second-order valence-corrected chi connectivity index (χ2v) is 3.09. The van der Waals surface area contributed by atoms with Crippen molar-refractivity contribution in [2.24, 2.45) is 0 Å². The Morgan fingerprint density at radius 3 is 2.88 bits per heavy atom. The molecule has 0 atom stereocenters. The molecular formula is C11H11NO5. The molecule has 1 aromatic carbocycles. The van der Waals surface area contributed by atoms with Gasteiger partial charge in [-0.25, -0.2) is 4.79 Å². The highest BCUT2D eigenvalue weighted by Crippen LogP contribution is 2.23. The Bertz CT molecular complexity index is 467. The van der Waals surface area contributed by atoms with Crippen LogP contribution in [0.4, 0.5) is 5.69 Å². The maximum Gasteiger partial charge on any atom is 0.330 e. The lowest BCUT2D eigenvalue weighted by Crippen LogP contribution is -1.98. The van der Waals surface area contributed by atoms with Crippen molar-refractivity contribution in [1.29, 1.82) is 0 Å². The summed E-state index contributed by atoms with van der Waals surface area (Å²) in [7, 11) is 0. The van der Waals surface area contributed by atoms with Crippen LogP contribution < -0.4 is 0 Å². The molecule has 17 heavy (non-hydrogen) atoms. The van der Waals surface area contributed by atoms with E-state index in [0.717, 1.165) is 6.08 Å². The maximum absolute atomic E-state index is 11.0. The van der Waals surface area contributed by atoms with Gasteiger partial charge in [0.05, 0.1) is 11.5 Å². The number of carbonyl (C=O) groups is 1. The van der Waals surface area contributed by atoms with Crippen LogP contribution in [0.25, 0.3) is 6.08 Å². The topological polar surface area (TPSA) is 89.7 Å². The number of hydrogen-bond donors (Lipinski definition) is 1. The quantitative estimate of drug-likeness (QED) is 0.373. The standard InChI is InChI=1S/C11H11NO5/c1-2-17-11(14)6-3-8-7-9(12(15)16)4-5-10(8)13/h3-7,13H,2H2,1H3. The van der Waals surface area contributed by atoms with Crippen LogP contribution in [0.2, 0.25) is 0 Å². The number of nitrogens with zero attached hydrogens (tertiary/aromatic N) is 1. The fourth-order valence-electron chi connectivity index (χ4n) is 1.14. The molecule has 0 bridgehead atoms. The number of carbonyl (C=O) groups excluding carboxylic acids is 1. The number of nitro benzene ring substituents is 1. The highest BCUT2D eigenvalue weighted by Gasteiger charge is 2.08. The fourth-order valence-corrected chi connectivity index (χ4v) is 1.14. The third kappa shape index (κ3) is 3.60. The molecular weight excluding hydrogens is 226 g/mol. The second-order valence-electron chi connectivity index (χ2n) is 3.09. The molecule has 0 aliphatic heterocycles. The summed E-state index contributed by atoms with van der Waals surface area (Å²) >= 11 is 0. The predicted molar refractivity (Wildman–Crippen MR) is 60.4 cm³/mol. The fraction of sp³-hybridized carbons (Fsp3) is 0.182. The van der Waals surface area contributed by atoms with Gasteiger partial charge in [-0.3, -0.25) is 10.1 Å². The van der Waals surface area contributed by atoms with E-state index in [9.17, 15) is 20.0 Å². The van der Waals surface area contributed by atoms with Gasteiger partial charge < -0.3 is 9.84 Å². The smallest absolute Gasteiger partial charge is 0.330 e. The normalized spacial score (nSPS) is 10.4. The number of rotatable bonds is 4. The zero-order valence-corrected chi connectivity index (χ0v) is 9.12. The summed E-state index contributed by atoms with van der Waals surface area (Å²) in [6, 6.07) is 3.55. The van der Waals surface area contributed by atoms with E-state index < -0.39 is 10.9 Å². The summed E-state index contributed by atoms with van der Waals surface area (Å²) in [5, 5.41) is 19.9. The van der Waals surface area contributed by atoms with Gasteiger partial charge >= 0.3 is 5.97 Å². The van der Waals surface area contributed by atoms with Crippen LogP contribution in [0.1, 0.15) is 12.5 Å². The van der Waals surface area contributed by atoms with Gasteiger partial charge in [0.2, 0.25) is 0 Å². The van der Waals surface area contributed by atoms with Gasteiger partial charge in [-0.2, -0.15) is 0 Å². The van der Waals surface area contributed by atoms with Crippen molar-refractivity contribution in [3.05, 3.63) is 40.0 Å². The number of phenols is 1. The minimum absolute atomic E-state index is 0.142. The average Bonchev–Trinajstić information content (AvgIpc) is 2.28. The molecule has 0 heterocycles. The average molecular weight is 237 g/mol. The SMILES string of the molecule is CCOC(=O)C=Cc1cc([N+](=O)[O-])ccc1O. The first-order valence-electron chi connectivity index (χ1n) is 4.87. The summed E-state index contributed by atoms with van der Waals surface area (Å²) in [5.41, 5.74) is 0.0264. The second kappa shape index (κ2) is 5.64. The minimum Gasteiger partial charge on any atom is -0.507 e. The van der Waals surface area contributed by atoms with E-state index in [2.05, 4.69) is 4.74 Å². The first kappa shape index (κ1) is 12.7. The highest BCUT2D eigenvalue weighted by molar-refractivity contribution is 5.87. The van der Waals surface area contributed by atoms with Crippen LogP contribution in [0, 0.1) is 10.1 Å². The molecule has 0 amide bonds. The molecule has 0 saturated heterocycles. The van der Waals surface area contributed by atoms with Gasteiger partial charge in [-0.1, -0.05) is 0 Å². The molecule has 1 N–H and O–H groups in total. The van der Waals surface area contributed by atoms with E-state index in [0.29, 0.717) is 0 Å². The number of aromatic hydroxyl groups is 1. The summed E-state index contributed by atoms with van der Waals surface area (Å²) in [5.74, 6) is -0.713. The molecule has 0 fully saturated rings. The van der Waals surface area contributed by atoms with E-state index in [1.807, 2.05) is 0 Å². The number of phenolic OH excluding ortho intramolecular Hbond substituents is 1. The van der Waals surface area contributed by atoms with Crippen molar-refractivity contribution in [2.75, 3.05) is 6.61 Å². The van der Waals surface area contributed by atoms with Crippen molar-refractivity contribution in [1.82, 2.24) is 0 Å². The summed E-state index contributed by atoms with van der Waals surface area (Å²) in [6.07, 6.45) is 2.36. The van der Waals surface area contributed by atoms with E-state index in [4.69, 9.17) is 0 Å². The molecule has 6 nitrogen and oxygen atoms in total. The van der Waals surface area contributed by atoms with E-state index in [1.165, 1.54) is 24.3 Å². The zero-order chi connectivity index (χ0) is 12.8. The number of benzene rings is 1. The number of esters is 1. The molecule has 1 aromatic rings. The number of non-ortho nitro benzene ring substituents is 1. The molecule has 1 rings (SSSR count). The Morgan fingerprint density at radius 1 is 1.59 bits per heavy atom. The van der Waals surface area contributed by atoms with Crippen LogP contribution >= 0.6 is 0 Å². The van der Waals surface area contributed by atoms with Gasteiger partial charge in [0.1, 0.15) is 5.75 Å². The molecule has 0 aliphatic rings. The van der Waals surface area contributed by atoms with Crippen LogP contribution in [0.3, 0.4) is 0 Å². The van der Waals surface area contributed by atoms with Gasteiger partial charge in [0, 0.05) is 23.8 Å². The van der Waals surface area contributed by atoms with Crippen molar-refractivity contribution >= 4 is 17.7 Å². The Balaban J connectivity index is 2.93. The Morgan fingerprint density at radius 2 is 2.29 bits per heavy atom. The van der Waals surface area contributed by atoms with Crippen molar-refractivity contribution in [3.63, 3.8) is 0 Å². The number of ether oxygens (including phenoxy) is 1. The van der Waals surface area contributed by atoms with Crippen LogP contribution in [-0.4, -0.2) is 22.6 Å². The minimum atomic E-state index is -0.582. The van der Waals surface area contributed by atoms with Crippen molar-refractivity contribution < 1.29 is 19.6 Å². The zero-order valence-electron chi connectivity index (χ0n) is 9.12. The molecule has 6 heteroatoms. The Labute approximate surface area is 97.3 Å². The first-order valence-corrected chi connectivity index (χ1v) is 4.87. The van der Waals surface area contributed by atoms with Crippen LogP contribution in [0.5, 0.6) is 5.75 Å². The van der Waals surface area contributed by atoms with Gasteiger partial charge in [0.15, 0.2) is 0 Å². The lowest BCUT2D eigenvalue weighted by Gasteiger charge is -1.99. The van der Waals surface area contributed by atoms with E-state index in [1.54, 1.807) is 6.92 Å². The number of nitro groups is 1. The third-order valence-corrected chi connectivity index (χ3v) is 1.91. The van der Waals surface area contributed by atoms with Gasteiger partial charge in [0.25, 0.3) is 5.69 Å². The lowest BCUT2D eigenvalue weighted by molar-refractivity contribution is -0.384. The monoisotopic (exact) mass is 237 g/mol. The maximum atomic E-state index is 11.0. The largest absolute Gasteiger partial charge is 0.507 e. The molecule has 0 aliphatic carbocycles. The predicted octanol–water partition coefficient (Wildman–Crippen LogP) is 1.88. The molecule has 0 aromatic heterocycles. The number of hydrogen-bond acceptors (Lipinski definition) is 5. The molecule has 0 unspecified atom stereocenters. The molecule has 90 valence electrons. The summed E-state index contributed by atoms with van der Waals surface area (Å²) in [4.78, 5) is 21.0. The van der Waals surface area contributed by atoms with Crippen LogP contribution in [-0.2, 0) is 9.53 Å². The van der Waals surface area contributed by atoms with Crippen LogP contribution in [0.15, 0.2) is 24.3 Å². The highest BCUT2D eigenvalue weighted by atomic mass is 16.6. The van der Waals surface area contributed by atoms with Gasteiger partial charge in [-0.05, 0) is 19.1 Å². The van der Waals surface area contributed by atoms with Crippen molar-refractivity contribution in [2.45, 2.75) is 6.92 Å².